The monoisotopic (exact) mass is 460 g/mol. The van der Waals surface area contributed by atoms with E-state index in [1.54, 1.807) is 25.3 Å². The summed E-state index contributed by atoms with van der Waals surface area (Å²) in [6.07, 6.45) is 1.23. The Morgan fingerprint density at radius 1 is 1.09 bits per heavy atom. The Bertz CT molecular complexity index is 1080. The molecule has 0 spiro atoms. The predicted molar refractivity (Wildman–Crippen MR) is 125 cm³/mol. The molecule has 0 radical (unpaired) electrons. The fourth-order valence-corrected chi connectivity index (χ4v) is 5.64. The summed E-state index contributed by atoms with van der Waals surface area (Å²) in [4.78, 5) is 13.2. The molecule has 7 nitrogen and oxygen atoms in total. The lowest BCUT2D eigenvalue weighted by Gasteiger charge is -2.31. The molecule has 0 bridgehead atoms. The normalized spacial score (nSPS) is 17.2. The molecule has 1 aliphatic rings. The van der Waals surface area contributed by atoms with Gasteiger partial charge in [0.15, 0.2) is 0 Å². The van der Waals surface area contributed by atoms with Crippen LogP contribution in [0.4, 0.5) is 5.69 Å². The number of sulfonamides is 1. The molecule has 2 aromatic rings. The first kappa shape index (κ1) is 24.1. The first-order valence-corrected chi connectivity index (χ1v) is 12.2. The number of amides is 1. The van der Waals surface area contributed by atoms with Gasteiger partial charge in [-0.1, -0.05) is 26.0 Å². The number of hydrogen-bond donors (Lipinski definition) is 1. The minimum Gasteiger partial charge on any atom is -0.495 e. The summed E-state index contributed by atoms with van der Waals surface area (Å²) >= 11 is 0. The molecule has 0 saturated carbocycles. The Hall–Kier alpha value is -2.58. The molecule has 0 unspecified atom stereocenters. The maximum atomic E-state index is 13.5. The number of nitrogens with one attached hydrogen (secondary N) is 1. The number of aryl methyl sites for hydroxylation is 1. The van der Waals surface area contributed by atoms with Crippen molar-refractivity contribution < 1.29 is 22.7 Å². The number of methoxy groups -OCH3 is 2. The van der Waals surface area contributed by atoms with Gasteiger partial charge in [0.2, 0.25) is 15.9 Å². The molecular formula is C24H32N2O5S. The van der Waals surface area contributed by atoms with E-state index in [0.717, 1.165) is 11.1 Å². The number of piperidine rings is 1. The minimum absolute atomic E-state index is 0.122. The molecule has 1 N–H and O–H groups in total. The van der Waals surface area contributed by atoms with Gasteiger partial charge in [-0.2, -0.15) is 4.31 Å². The van der Waals surface area contributed by atoms with Gasteiger partial charge >= 0.3 is 0 Å². The number of benzene rings is 2. The molecule has 1 fully saturated rings. The smallest absolute Gasteiger partial charge is 0.246 e. The summed E-state index contributed by atoms with van der Waals surface area (Å²) in [5.41, 5.74) is 2.50. The summed E-state index contributed by atoms with van der Waals surface area (Å²) in [6.45, 7) is 6.45. The molecule has 1 aliphatic heterocycles. The van der Waals surface area contributed by atoms with Crippen LogP contribution in [0.2, 0.25) is 0 Å². The maximum Gasteiger partial charge on any atom is 0.246 e. The van der Waals surface area contributed by atoms with Gasteiger partial charge in [0, 0.05) is 13.1 Å². The molecule has 2 aromatic carbocycles. The van der Waals surface area contributed by atoms with Crippen LogP contribution in [-0.4, -0.2) is 45.9 Å². The second-order valence-electron chi connectivity index (χ2n) is 8.46. The van der Waals surface area contributed by atoms with Crippen molar-refractivity contribution in [3.05, 3.63) is 47.5 Å². The minimum atomic E-state index is -3.82. The molecule has 32 heavy (non-hydrogen) atoms. The molecule has 0 aliphatic carbocycles. The standard InChI is InChI=1S/C24H32N2O5S/c1-16(2)18-9-11-22(31-5)23(14-18)32(28,29)26-12-6-7-19(15-26)24(27)25-20-13-17(3)8-10-21(20)30-4/h8-11,13-14,16,19H,6-7,12,15H2,1-5H3,(H,25,27)/t19-/m0/s1. The number of carbonyl (C=O) groups is 1. The number of nitrogens with zero attached hydrogens (tertiary/aromatic N) is 1. The second kappa shape index (κ2) is 9.92. The summed E-state index contributed by atoms with van der Waals surface area (Å²) in [7, 11) is -0.803. The van der Waals surface area contributed by atoms with Gasteiger partial charge in [0.1, 0.15) is 16.4 Å². The van der Waals surface area contributed by atoms with E-state index in [-0.39, 0.29) is 23.3 Å². The Labute approximate surface area is 190 Å². The molecule has 1 atom stereocenters. The lowest BCUT2D eigenvalue weighted by molar-refractivity contribution is -0.120. The maximum absolute atomic E-state index is 13.5. The Morgan fingerprint density at radius 3 is 2.44 bits per heavy atom. The van der Waals surface area contributed by atoms with Crippen LogP contribution in [0.1, 0.15) is 43.7 Å². The van der Waals surface area contributed by atoms with Gasteiger partial charge in [-0.3, -0.25) is 4.79 Å². The first-order chi connectivity index (χ1) is 15.2. The van der Waals surface area contributed by atoms with E-state index in [9.17, 15) is 13.2 Å². The zero-order valence-corrected chi connectivity index (χ0v) is 20.2. The van der Waals surface area contributed by atoms with Crippen molar-refractivity contribution in [3.8, 4) is 11.5 Å². The van der Waals surface area contributed by atoms with Crippen LogP contribution in [0.25, 0.3) is 0 Å². The topological polar surface area (TPSA) is 84.9 Å². The Morgan fingerprint density at radius 2 is 1.78 bits per heavy atom. The van der Waals surface area contributed by atoms with Crippen LogP contribution < -0.4 is 14.8 Å². The fraction of sp³-hybridized carbons (Fsp3) is 0.458. The number of ether oxygens (including phenoxy) is 2. The van der Waals surface area contributed by atoms with Gasteiger partial charge in [0.25, 0.3) is 0 Å². The Balaban J connectivity index is 1.83. The van der Waals surface area contributed by atoms with Crippen molar-refractivity contribution in [2.75, 3.05) is 32.6 Å². The van der Waals surface area contributed by atoms with Gasteiger partial charge in [-0.15, -0.1) is 0 Å². The van der Waals surface area contributed by atoms with E-state index in [4.69, 9.17) is 9.47 Å². The number of anilines is 1. The summed E-state index contributed by atoms with van der Waals surface area (Å²) in [5, 5.41) is 2.92. The first-order valence-electron chi connectivity index (χ1n) is 10.8. The summed E-state index contributed by atoms with van der Waals surface area (Å²) in [6, 6.07) is 10.8. The van der Waals surface area contributed by atoms with E-state index < -0.39 is 15.9 Å². The van der Waals surface area contributed by atoms with Crippen LogP contribution >= 0.6 is 0 Å². The zero-order valence-electron chi connectivity index (χ0n) is 19.3. The van der Waals surface area contributed by atoms with Crippen LogP contribution in [-0.2, 0) is 14.8 Å². The molecule has 3 rings (SSSR count). The third kappa shape index (κ3) is 5.07. The lowest BCUT2D eigenvalue weighted by Crippen LogP contribution is -2.43. The van der Waals surface area contributed by atoms with Gasteiger partial charge in [-0.25, -0.2) is 8.42 Å². The third-order valence-electron chi connectivity index (χ3n) is 5.84. The van der Waals surface area contributed by atoms with Gasteiger partial charge in [0.05, 0.1) is 25.8 Å². The largest absolute Gasteiger partial charge is 0.495 e. The molecule has 174 valence electrons. The Kier molecular flexibility index (Phi) is 7.46. The van der Waals surface area contributed by atoms with Crippen molar-refractivity contribution in [1.29, 1.82) is 0 Å². The molecule has 0 aromatic heterocycles. The molecular weight excluding hydrogens is 428 g/mol. The van der Waals surface area contributed by atoms with E-state index in [0.29, 0.717) is 36.6 Å². The highest BCUT2D eigenvalue weighted by Crippen LogP contribution is 2.33. The van der Waals surface area contributed by atoms with Crippen LogP contribution in [0.5, 0.6) is 11.5 Å². The highest BCUT2D eigenvalue weighted by molar-refractivity contribution is 7.89. The highest BCUT2D eigenvalue weighted by atomic mass is 32.2. The van der Waals surface area contributed by atoms with Crippen LogP contribution in [0.3, 0.4) is 0 Å². The SMILES string of the molecule is COc1ccc(C)cc1NC(=O)[C@H]1CCCN(S(=O)(=O)c2cc(C(C)C)ccc2OC)C1. The molecule has 8 heteroatoms. The highest BCUT2D eigenvalue weighted by Gasteiger charge is 2.35. The van der Waals surface area contributed by atoms with Crippen molar-refractivity contribution in [3.63, 3.8) is 0 Å². The summed E-state index contributed by atoms with van der Waals surface area (Å²) < 4.78 is 39.1. The van der Waals surface area contributed by atoms with Crippen LogP contribution in [0, 0.1) is 12.8 Å². The number of rotatable bonds is 7. The molecule has 1 saturated heterocycles. The van der Waals surface area contributed by atoms with Gasteiger partial charge < -0.3 is 14.8 Å². The van der Waals surface area contributed by atoms with Gasteiger partial charge in [-0.05, 0) is 61.1 Å². The van der Waals surface area contributed by atoms with Crippen molar-refractivity contribution in [2.45, 2.75) is 44.4 Å². The molecule has 1 heterocycles. The number of hydrogen-bond acceptors (Lipinski definition) is 5. The quantitative estimate of drug-likeness (QED) is 0.670. The average Bonchev–Trinajstić information content (AvgIpc) is 2.78. The zero-order chi connectivity index (χ0) is 23.5. The lowest BCUT2D eigenvalue weighted by atomic mass is 9.98. The van der Waals surface area contributed by atoms with E-state index in [2.05, 4.69) is 5.32 Å². The second-order valence-corrected chi connectivity index (χ2v) is 10.4. The fourth-order valence-electron chi connectivity index (χ4n) is 3.92. The van der Waals surface area contributed by atoms with E-state index in [1.807, 2.05) is 39.0 Å². The van der Waals surface area contributed by atoms with Crippen molar-refractivity contribution in [2.24, 2.45) is 5.92 Å². The van der Waals surface area contributed by atoms with E-state index >= 15 is 0 Å². The van der Waals surface area contributed by atoms with Crippen molar-refractivity contribution >= 4 is 21.6 Å². The predicted octanol–water partition coefficient (Wildman–Crippen LogP) is 4.18. The number of carbonyl (C=O) groups excluding carboxylic acids is 1. The molecule has 1 amide bonds. The summed E-state index contributed by atoms with van der Waals surface area (Å²) in [5.74, 6) is 0.392. The van der Waals surface area contributed by atoms with Crippen LogP contribution in [0.15, 0.2) is 41.3 Å². The van der Waals surface area contributed by atoms with E-state index in [1.165, 1.54) is 11.4 Å². The van der Waals surface area contributed by atoms with Crippen molar-refractivity contribution in [1.82, 2.24) is 4.31 Å². The average molecular weight is 461 g/mol. The third-order valence-corrected chi connectivity index (χ3v) is 7.73.